The van der Waals surface area contributed by atoms with Crippen molar-refractivity contribution < 1.29 is 49.3 Å². The predicted molar refractivity (Wildman–Crippen MR) is 251 cm³/mol. The molecule has 62 heavy (non-hydrogen) atoms. The molecule has 0 aliphatic carbocycles. The van der Waals surface area contributed by atoms with Crippen molar-refractivity contribution in [2.45, 2.75) is 269 Å². The lowest BCUT2D eigenvalue weighted by atomic mass is 9.99. The zero-order valence-electron chi connectivity index (χ0n) is 39.6. The molecular formula is C51H95NO10. The number of hydrogen-bond acceptors (Lipinski definition) is 10. The topological polar surface area (TPSA) is 175 Å². The number of unbranched alkanes of at least 4 members (excludes halogenated alkanes) is 27. The van der Waals surface area contributed by atoms with Gasteiger partial charge in [-0.1, -0.05) is 192 Å². The SMILES string of the molecule is CCCCCC/C=C/CC/C=C/C(O)C(COC1OC(CO)C(O)C(O)C1O)NC(=O)CCCCCCCCCCCCCCCOC(=O)CCCCCCCCCCCCC. The van der Waals surface area contributed by atoms with Gasteiger partial charge in [0.1, 0.15) is 24.4 Å². The number of aliphatic hydroxyl groups excluding tert-OH is 5. The maximum Gasteiger partial charge on any atom is 0.305 e. The molecule has 364 valence electrons. The molecule has 0 bridgehead atoms. The van der Waals surface area contributed by atoms with E-state index in [1.807, 2.05) is 6.08 Å². The molecule has 1 saturated heterocycles. The van der Waals surface area contributed by atoms with Crippen LogP contribution >= 0.6 is 0 Å². The fourth-order valence-corrected chi connectivity index (χ4v) is 7.92. The largest absolute Gasteiger partial charge is 0.466 e. The van der Waals surface area contributed by atoms with E-state index in [1.54, 1.807) is 6.08 Å². The van der Waals surface area contributed by atoms with Crippen LogP contribution in [0.15, 0.2) is 24.3 Å². The van der Waals surface area contributed by atoms with Gasteiger partial charge in [-0.05, 0) is 44.9 Å². The summed E-state index contributed by atoms with van der Waals surface area (Å²) in [5.74, 6) is -0.236. The summed E-state index contributed by atoms with van der Waals surface area (Å²) in [6.45, 7) is 4.23. The van der Waals surface area contributed by atoms with Gasteiger partial charge in [0.25, 0.3) is 0 Å². The highest BCUT2D eigenvalue weighted by Gasteiger charge is 2.44. The van der Waals surface area contributed by atoms with Gasteiger partial charge in [0.2, 0.25) is 5.91 Å². The first-order valence-electron chi connectivity index (χ1n) is 25.6. The quantitative estimate of drug-likeness (QED) is 0.0196. The molecule has 1 fully saturated rings. The maximum atomic E-state index is 13.0. The highest BCUT2D eigenvalue weighted by Crippen LogP contribution is 2.23. The molecule has 11 heteroatoms. The lowest BCUT2D eigenvalue weighted by molar-refractivity contribution is -0.302. The number of amides is 1. The van der Waals surface area contributed by atoms with E-state index in [2.05, 4.69) is 31.3 Å². The predicted octanol–water partition coefficient (Wildman–Crippen LogP) is 10.2. The van der Waals surface area contributed by atoms with Crippen LogP contribution in [0, 0.1) is 0 Å². The lowest BCUT2D eigenvalue weighted by Gasteiger charge is -2.40. The van der Waals surface area contributed by atoms with Crippen LogP contribution in [0.2, 0.25) is 0 Å². The smallest absolute Gasteiger partial charge is 0.305 e. The summed E-state index contributed by atoms with van der Waals surface area (Å²) in [5, 5.41) is 54.1. The van der Waals surface area contributed by atoms with Crippen LogP contribution in [0.3, 0.4) is 0 Å². The normalized spacial score (nSPS) is 20.3. The van der Waals surface area contributed by atoms with Crippen molar-refractivity contribution in [2.24, 2.45) is 0 Å². The summed E-state index contributed by atoms with van der Waals surface area (Å²) in [7, 11) is 0. The van der Waals surface area contributed by atoms with E-state index in [-0.39, 0.29) is 18.5 Å². The lowest BCUT2D eigenvalue weighted by Crippen LogP contribution is -2.60. The molecule has 0 spiro atoms. The average molecular weight is 882 g/mol. The minimum Gasteiger partial charge on any atom is -0.466 e. The zero-order valence-corrected chi connectivity index (χ0v) is 39.6. The molecule has 0 aromatic rings. The van der Waals surface area contributed by atoms with Crippen molar-refractivity contribution in [3.05, 3.63) is 24.3 Å². The van der Waals surface area contributed by atoms with Gasteiger partial charge in [0.05, 0.1) is 32.0 Å². The summed E-state index contributed by atoms with van der Waals surface area (Å²) < 4.78 is 16.6. The first-order valence-corrected chi connectivity index (χ1v) is 25.6. The summed E-state index contributed by atoms with van der Waals surface area (Å²) in [4.78, 5) is 25.0. The Bertz CT molecular complexity index is 1090. The van der Waals surface area contributed by atoms with Gasteiger partial charge in [-0.3, -0.25) is 9.59 Å². The van der Waals surface area contributed by atoms with Gasteiger partial charge in [-0.15, -0.1) is 0 Å². The summed E-state index contributed by atoms with van der Waals surface area (Å²) >= 11 is 0. The molecule has 1 rings (SSSR count). The monoisotopic (exact) mass is 882 g/mol. The van der Waals surface area contributed by atoms with Crippen LogP contribution in [-0.4, -0.2) is 100 Å². The second kappa shape index (κ2) is 41.8. The molecule has 6 N–H and O–H groups in total. The summed E-state index contributed by atoms with van der Waals surface area (Å²) in [6.07, 6.45) is 36.9. The Morgan fingerprint density at radius 2 is 1.05 bits per heavy atom. The van der Waals surface area contributed by atoms with Crippen LogP contribution in [0.1, 0.15) is 226 Å². The number of hydrogen-bond donors (Lipinski definition) is 6. The zero-order chi connectivity index (χ0) is 45.3. The van der Waals surface area contributed by atoms with Crippen LogP contribution in [0.5, 0.6) is 0 Å². The molecule has 0 aromatic heterocycles. The minimum atomic E-state index is -1.58. The van der Waals surface area contributed by atoms with Gasteiger partial charge in [0, 0.05) is 12.8 Å². The fourth-order valence-electron chi connectivity index (χ4n) is 7.92. The number of ether oxygens (including phenoxy) is 3. The van der Waals surface area contributed by atoms with E-state index in [9.17, 15) is 35.1 Å². The summed E-state index contributed by atoms with van der Waals surface area (Å²) in [5.41, 5.74) is 0. The molecule has 1 aliphatic rings. The Kier molecular flexibility index (Phi) is 39.2. The number of allylic oxidation sites excluding steroid dienone is 3. The third kappa shape index (κ3) is 31.9. The van der Waals surface area contributed by atoms with Crippen molar-refractivity contribution in [3.8, 4) is 0 Å². The number of carbonyl (C=O) groups excluding carboxylic acids is 2. The third-order valence-corrected chi connectivity index (χ3v) is 12.1. The standard InChI is InChI=1S/C51H95NO10/c1-3-5-7-9-11-13-18-23-27-31-35-39-47(56)60-40-36-32-28-24-20-17-15-16-19-22-26-30-34-38-46(55)52-43(42-61-51-50(59)49(58)48(57)45(41-53)62-51)44(54)37-33-29-25-21-14-12-10-8-6-4-2/h14,21,33,37,43-45,48-51,53-54,57-59H,3-13,15-20,22-32,34-36,38-42H2,1-2H3,(H,52,55)/b21-14+,37-33+. The number of nitrogens with one attached hydrogen (secondary N) is 1. The van der Waals surface area contributed by atoms with Gasteiger partial charge in [-0.2, -0.15) is 0 Å². The van der Waals surface area contributed by atoms with Crippen molar-refractivity contribution in [1.82, 2.24) is 5.32 Å². The first kappa shape index (κ1) is 58.2. The number of esters is 1. The Labute approximate surface area is 378 Å². The van der Waals surface area contributed by atoms with Gasteiger partial charge < -0.3 is 45.1 Å². The van der Waals surface area contributed by atoms with Crippen molar-refractivity contribution in [3.63, 3.8) is 0 Å². The fraction of sp³-hybridized carbons (Fsp3) is 0.882. The highest BCUT2D eigenvalue weighted by atomic mass is 16.7. The summed E-state index contributed by atoms with van der Waals surface area (Å²) in [6, 6.07) is -0.835. The molecular weight excluding hydrogens is 787 g/mol. The second-order valence-corrected chi connectivity index (χ2v) is 17.9. The molecule has 0 saturated carbocycles. The van der Waals surface area contributed by atoms with Crippen molar-refractivity contribution in [1.29, 1.82) is 0 Å². The second-order valence-electron chi connectivity index (χ2n) is 17.9. The van der Waals surface area contributed by atoms with E-state index in [0.29, 0.717) is 19.4 Å². The van der Waals surface area contributed by atoms with Crippen molar-refractivity contribution >= 4 is 11.9 Å². The third-order valence-electron chi connectivity index (χ3n) is 12.1. The molecule has 7 unspecified atom stereocenters. The Balaban J connectivity index is 2.16. The van der Waals surface area contributed by atoms with Crippen LogP contribution in [0.4, 0.5) is 0 Å². The Morgan fingerprint density at radius 3 is 1.60 bits per heavy atom. The van der Waals surface area contributed by atoms with E-state index < -0.39 is 49.5 Å². The molecule has 1 heterocycles. The van der Waals surface area contributed by atoms with Gasteiger partial charge in [-0.25, -0.2) is 0 Å². The number of aliphatic hydroxyl groups is 5. The Hall–Kier alpha value is -1.86. The molecule has 11 nitrogen and oxygen atoms in total. The van der Waals surface area contributed by atoms with Gasteiger partial charge in [0.15, 0.2) is 6.29 Å². The Morgan fingerprint density at radius 1 is 0.581 bits per heavy atom. The molecule has 7 atom stereocenters. The van der Waals surface area contributed by atoms with E-state index in [0.717, 1.165) is 70.6 Å². The van der Waals surface area contributed by atoms with E-state index >= 15 is 0 Å². The van der Waals surface area contributed by atoms with Crippen molar-refractivity contribution in [2.75, 3.05) is 19.8 Å². The first-order chi connectivity index (χ1) is 30.2. The van der Waals surface area contributed by atoms with Gasteiger partial charge >= 0.3 is 5.97 Å². The molecule has 1 aliphatic heterocycles. The molecule has 0 aromatic carbocycles. The minimum absolute atomic E-state index is 0.0296. The van der Waals surface area contributed by atoms with E-state index in [4.69, 9.17) is 14.2 Å². The highest BCUT2D eigenvalue weighted by molar-refractivity contribution is 5.76. The van der Waals surface area contributed by atoms with Crippen LogP contribution in [0.25, 0.3) is 0 Å². The average Bonchev–Trinajstić information content (AvgIpc) is 3.27. The van der Waals surface area contributed by atoms with E-state index in [1.165, 1.54) is 128 Å². The number of carbonyl (C=O) groups is 2. The molecule has 1 amide bonds. The maximum absolute atomic E-state index is 13.0. The van der Waals surface area contributed by atoms with Crippen LogP contribution in [-0.2, 0) is 23.8 Å². The molecule has 0 radical (unpaired) electrons. The number of rotatable bonds is 43. The van der Waals surface area contributed by atoms with Crippen LogP contribution < -0.4 is 5.32 Å².